The first-order valence-corrected chi connectivity index (χ1v) is 13.8. The Morgan fingerprint density at radius 1 is 0.950 bits per heavy atom. The molecule has 0 aliphatic rings. The van der Waals surface area contributed by atoms with Gasteiger partial charge in [-0.05, 0) is 105 Å². The van der Waals surface area contributed by atoms with Gasteiger partial charge in [0.05, 0.1) is 15.7 Å². The maximum Gasteiger partial charge on any atom is 0.293 e. The Labute approximate surface area is 246 Å². The predicted octanol–water partition coefficient (Wildman–Crippen LogP) is 7.27. The summed E-state index contributed by atoms with van der Waals surface area (Å²) in [5.41, 5.74) is 5.75. The van der Waals surface area contributed by atoms with Crippen LogP contribution in [0.25, 0.3) is 28.0 Å². The molecule has 0 aliphatic carbocycles. The first-order chi connectivity index (χ1) is 19.2. The molecule has 0 radical (unpaired) electrons. The third-order valence-corrected chi connectivity index (χ3v) is 7.39. The third-order valence-electron chi connectivity index (χ3n) is 6.44. The minimum absolute atomic E-state index is 0.104. The number of carbonyl (C=O) groups excluding carboxylic acids is 1. The summed E-state index contributed by atoms with van der Waals surface area (Å²) in [6.45, 7) is 8.09. The van der Waals surface area contributed by atoms with Crippen molar-refractivity contribution in [3.8, 4) is 17.0 Å². The van der Waals surface area contributed by atoms with Crippen LogP contribution in [-0.2, 0) is 0 Å². The monoisotopic (exact) mass is 592 g/mol. The van der Waals surface area contributed by atoms with Crippen LogP contribution >= 0.6 is 35.4 Å². The lowest BCUT2D eigenvalue weighted by Crippen LogP contribution is -2.34. The van der Waals surface area contributed by atoms with Crippen LogP contribution in [0.1, 0.15) is 30.0 Å². The predicted molar refractivity (Wildman–Crippen MR) is 165 cm³/mol. The molecular formula is C29H26Cl2N6O2S. The molecule has 2 N–H and O–H groups in total. The van der Waals surface area contributed by atoms with Gasteiger partial charge >= 0.3 is 0 Å². The number of nitrogens with zero attached hydrogens (tertiary/aromatic N) is 4. The van der Waals surface area contributed by atoms with Crippen LogP contribution in [0.4, 0.5) is 11.4 Å². The Hall–Kier alpha value is -3.92. The van der Waals surface area contributed by atoms with E-state index in [-0.39, 0.29) is 10.9 Å². The van der Waals surface area contributed by atoms with Crippen LogP contribution in [0, 0.1) is 6.92 Å². The molecular weight excluding hydrogens is 567 g/mol. The number of furan rings is 1. The van der Waals surface area contributed by atoms with Gasteiger partial charge in [0, 0.05) is 30.0 Å². The van der Waals surface area contributed by atoms with E-state index in [4.69, 9.17) is 39.8 Å². The summed E-state index contributed by atoms with van der Waals surface area (Å²) >= 11 is 17.5. The smallest absolute Gasteiger partial charge is 0.293 e. The maximum atomic E-state index is 12.8. The van der Waals surface area contributed by atoms with Crippen LogP contribution in [0.2, 0.25) is 10.0 Å². The van der Waals surface area contributed by atoms with Crippen LogP contribution < -0.4 is 15.5 Å². The zero-order valence-electron chi connectivity index (χ0n) is 22.0. The van der Waals surface area contributed by atoms with Crippen molar-refractivity contribution in [1.82, 2.24) is 20.3 Å². The van der Waals surface area contributed by atoms with Crippen LogP contribution in [0.15, 0.2) is 71.1 Å². The van der Waals surface area contributed by atoms with Gasteiger partial charge < -0.3 is 14.6 Å². The van der Waals surface area contributed by atoms with E-state index in [1.165, 1.54) is 0 Å². The molecule has 11 heteroatoms. The van der Waals surface area contributed by atoms with Crippen LogP contribution in [0.3, 0.4) is 0 Å². The summed E-state index contributed by atoms with van der Waals surface area (Å²) in [6.07, 6.45) is 0. The van der Waals surface area contributed by atoms with Gasteiger partial charge in [0.1, 0.15) is 16.8 Å². The Morgan fingerprint density at radius 3 is 2.33 bits per heavy atom. The normalized spacial score (nSPS) is 11.0. The summed E-state index contributed by atoms with van der Waals surface area (Å²) in [4.78, 5) is 16.7. The number of amides is 1. The van der Waals surface area contributed by atoms with Crippen molar-refractivity contribution >= 4 is 68.8 Å². The number of hydrogen-bond acceptors (Lipinski definition) is 6. The van der Waals surface area contributed by atoms with Crippen molar-refractivity contribution in [2.75, 3.05) is 23.3 Å². The van der Waals surface area contributed by atoms with E-state index >= 15 is 0 Å². The molecule has 0 fully saturated rings. The zero-order valence-corrected chi connectivity index (χ0v) is 24.4. The molecule has 8 nitrogen and oxygen atoms in total. The van der Waals surface area contributed by atoms with E-state index in [1.807, 2.05) is 31.2 Å². The van der Waals surface area contributed by atoms with Gasteiger partial charge in [-0.25, -0.2) is 0 Å². The van der Waals surface area contributed by atoms with E-state index < -0.39 is 5.91 Å². The number of anilines is 2. The van der Waals surface area contributed by atoms with E-state index in [0.29, 0.717) is 32.6 Å². The lowest BCUT2D eigenvalue weighted by molar-refractivity contribution is 0.0951. The molecule has 2 aromatic heterocycles. The molecule has 5 rings (SSSR count). The van der Waals surface area contributed by atoms with Crippen molar-refractivity contribution in [2.45, 2.75) is 20.8 Å². The number of rotatable bonds is 7. The number of halogens is 2. The zero-order chi connectivity index (χ0) is 28.4. The topological polar surface area (TPSA) is 88.2 Å². The molecule has 0 bridgehead atoms. The molecule has 204 valence electrons. The number of hydrogen-bond donors (Lipinski definition) is 2. The highest BCUT2D eigenvalue weighted by Gasteiger charge is 2.16. The Morgan fingerprint density at radius 2 is 1.65 bits per heavy atom. The van der Waals surface area contributed by atoms with Crippen LogP contribution in [0.5, 0.6) is 0 Å². The number of fused-ring (bicyclic) bond motifs is 1. The minimum Gasteiger partial charge on any atom is -0.451 e. The van der Waals surface area contributed by atoms with Crippen molar-refractivity contribution in [1.29, 1.82) is 0 Å². The lowest BCUT2D eigenvalue weighted by atomic mass is 10.2. The molecule has 2 heterocycles. The summed E-state index contributed by atoms with van der Waals surface area (Å²) in [5, 5.41) is 16.0. The molecule has 0 unspecified atom stereocenters. The molecule has 5 aromatic rings. The highest BCUT2D eigenvalue weighted by molar-refractivity contribution is 7.80. The summed E-state index contributed by atoms with van der Waals surface area (Å²) in [7, 11) is 0. The van der Waals surface area contributed by atoms with Crippen LogP contribution in [-0.4, -0.2) is 39.1 Å². The Bertz CT molecular complexity index is 1710. The SMILES string of the molecule is CCN(CC)c1ccc(-n2nc3cc(C)c(NC(=S)NC(=O)c4ccc(-c5ccc(Cl)c(Cl)c5)o4)cc3n2)cc1. The van der Waals surface area contributed by atoms with Gasteiger partial charge in [-0.2, -0.15) is 4.80 Å². The molecule has 3 aromatic carbocycles. The number of nitrogens with one attached hydrogen (secondary N) is 2. The average molecular weight is 594 g/mol. The maximum absolute atomic E-state index is 12.8. The van der Waals surface area contributed by atoms with Gasteiger partial charge in [-0.15, -0.1) is 10.2 Å². The lowest BCUT2D eigenvalue weighted by Gasteiger charge is -2.20. The van der Waals surface area contributed by atoms with Gasteiger partial charge in [0.2, 0.25) is 0 Å². The van der Waals surface area contributed by atoms with Gasteiger partial charge in [-0.3, -0.25) is 10.1 Å². The van der Waals surface area contributed by atoms with Gasteiger partial charge in [0.15, 0.2) is 10.9 Å². The Kier molecular flexibility index (Phi) is 8.07. The van der Waals surface area contributed by atoms with Crippen molar-refractivity contribution in [3.05, 3.63) is 88.1 Å². The van der Waals surface area contributed by atoms with Gasteiger partial charge in [0.25, 0.3) is 5.91 Å². The molecule has 0 saturated heterocycles. The highest BCUT2D eigenvalue weighted by Crippen LogP contribution is 2.30. The average Bonchev–Trinajstić information content (AvgIpc) is 3.59. The van der Waals surface area contributed by atoms with Crippen molar-refractivity contribution < 1.29 is 9.21 Å². The summed E-state index contributed by atoms with van der Waals surface area (Å²) < 4.78 is 5.71. The first kappa shape index (κ1) is 27.6. The standard InChI is InChI=1S/C29H26Cl2N6O2S/c1-4-36(5-2)19-7-9-20(10-8-19)37-34-24-14-17(3)23(16-25(24)35-37)32-29(40)33-28(38)27-13-12-26(39-27)18-6-11-21(30)22(31)15-18/h6-16H,4-5H2,1-3H3,(H2,32,33,38,40). The number of thiocarbonyl (C=S) groups is 1. The van der Waals surface area contributed by atoms with E-state index in [9.17, 15) is 4.79 Å². The fourth-order valence-electron chi connectivity index (χ4n) is 4.29. The molecule has 1 amide bonds. The number of aromatic nitrogens is 3. The third kappa shape index (κ3) is 5.82. The van der Waals surface area contributed by atoms with Crippen molar-refractivity contribution in [2.24, 2.45) is 0 Å². The second kappa shape index (κ2) is 11.7. The van der Waals surface area contributed by atoms with E-state index in [0.717, 1.165) is 35.5 Å². The van der Waals surface area contributed by atoms with Gasteiger partial charge in [-0.1, -0.05) is 23.2 Å². The van der Waals surface area contributed by atoms with E-state index in [1.54, 1.807) is 35.1 Å². The van der Waals surface area contributed by atoms with E-state index in [2.05, 4.69) is 51.7 Å². The summed E-state index contributed by atoms with van der Waals surface area (Å²) in [5.74, 6) is 0.101. The molecule has 40 heavy (non-hydrogen) atoms. The Balaban J connectivity index is 1.28. The number of benzene rings is 3. The highest BCUT2D eigenvalue weighted by atomic mass is 35.5. The fraction of sp³-hybridized carbons (Fsp3) is 0.172. The minimum atomic E-state index is -0.485. The summed E-state index contributed by atoms with van der Waals surface area (Å²) in [6, 6.07) is 20.3. The second-order valence-electron chi connectivity index (χ2n) is 9.04. The fourth-order valence-corrected chi connectivity index (χ4v) is 4.79. The molecule has 0 atom stereocenters. The second-order valence-corrected chi connectivity index (χ2v) is 10.3. The van der Waals surface area contributed by atoms with Crippen molar-refractivity contribution in [3.63, 3.8) is 0 Å². The first-order valence-electron chi connectivity index (χ1n) is 12.7. The molecule has 0 aliphatic heterocycles. The number of carbonyl (C=O) groups is 1. The number of aryl methyl sites for hydroxylation is 1. The largest absolute Gasteiger partial charge is 0.451 e. The quantitative estimate of drug-likeness (QED) is 0.192. The molecule has 0 spiro atoms. The molecule has 0 saturated carbocycles.